The number of aromatic hydroxyl groups is 1. The van der Waals surface area contributed by atoms with Crippen molar-refractivity contribution in [1.29, 1.82) is 0 Å². The molecule has 1 heterocycles. The lowest BCUT2D eigenvalue weighted by Gasteiger charge is -2.26. The highest BCUT2D eigenvalue weighted by atomic mass is 32.2. The Morgan fingerprint density at radius 3 is 2.41 bits per heavy atom. The fourth-order valence-electron chi connectivity index (χ4n) is 4.73. The highest BCUT2D eigenvalue weighted by Crippen LogP contribution is 2.46. The normalized spacial score (nSPS) is 27.8. The van der Waals surface area contributed by atoms with E-state index in [0.29, 0.717) is 24.0 Å². The maximum atomic E-state index is 13.3. The minimum absolute atomic E-state index is 0.215. The first-order chi connectivity index (χ1) is 12.9. The first-order valence-corrected chi connectivity index (χ1v) is 10.5. The molecule has 1 aliphatic carbocycles. The Balaban J connectivity index is 1.31. The van der Waals surface area contributed by atoms with Crippen molar-refractivity contribution in [2.45, 2.75) is 36.7 Å². The van der Waals surface area contributed by atoms with Crippen molar-refractivity contribution < 1.29 is 14.6 Å². The second-order valence-electron chi connectivity index (χ2n) is 8.20. The third-order valence-corrected chi connectivity index (χ3v) is 7.11. The minimum Gasteiger partial charge on any atom is -0.508 e. The molecular formula is C22H26FNO2S. The number of rotatable bonds is 5. The van der Waals surface area contributed by atoms with Crippen molar-refractivity contribution in [3.05, 3.63) is 59.4 Å². The summed E-state index contributed by atoms with van der Waals surface area (Å²) in [6.07, 6.45) is 2.28. The van der Waals surface area contributed by atoms with Gasteiger partial charge in [0.2, 0.25) is 0 Å². The summed E-state index contributed by atoms with van der Waals surface area (Å²) in [7, 11) is 0. The van der Waals surface area contributed by atoms with Gasteiger partial charge in [-0.1, -0.05) is 6.07 Å². The average molecular weight is 388 g/mol. The fourth-order valence-corrected chi connectivity index (χ4v) is 5.60. The molecule has 0 bridgehead atoms. The quantitative estimate of drug-likeness (QED) is 0.755. The lowest BCUT2D eigenvalue weighted by molar-refractivity contribution is 0.0361. The topological polar surface area (TPSA) is 43.7 Å². The number of fused-ring (bicyclic) bond motifs is 1. The number of aliphatic hydroxyl groups is 1. The zero-order valence-electron chi connectivity index (χ0n) is 15.6. The van der Waals surface area contributed by atoms with Gasteiger partial charge in [0, 0.05) is 30.3 Å². The summed E-state index contributed by atoms with van der Waals surface area (Å²) in [5.74, 6) is 2.10. The van der Waals surface area contributed by atoms with Crippen LogP contribution in [0.5, 0.6) is 5.75 Å². The number of thioether (sulfide) groups is 1. The molecule has 0 aromatic heterocycles. The van der Waals surface area contributed by atoms with Crippen LogP contribution in [0.4, 0.5) is 4.39 Å². The number of nitrogens with zero attached hydrogens (tertiary/aromatic N) is 1. The van der Waals surface area contributed by atoms with Crippen LogP contribution in [-0.2, 0) is 6.42 Å². The van der Waals surface area contributed by atoms with E-state index in [4.69, 9.17) is 0 Å². The van der Waals surface area contributed by atoms with Crippen molar-refractivity contribution in [2.75, 3.05) is 19.0 Å². The van der Waals surface area contributed by atoms with Crippen LogP contribution in [0.15, 0.2) is 47.4 Å². The maximum absolute atomic E-state index is 13.3. The molecule has 1 aliphatic heterocycles. The predicted molar refractivity (Wildman–Crippen MR) is 106 cm³/mol. The van der Waals surface area contributed by atoms with E-state index >= 15 is 0 Å². The Morgan fingerprint density at radius 1 is 1.11 bits per heavy atom. The van der Waals surface area contributed by atoms with E-state index in [1.54, 1.807) is 30.0 Å². The van der Waals surface area contributed by atoms with Crippen LogP contribution in [0.3, 0.4) is 0 Å². The van der Waals surface area contributed by atoms with E-state index in [1.165, 1.54) is 6.07 Å². The van der Waals surface area contributed by atoms with Crippen molar-refractivity contribution in [3.63, 3.8) is 0 Å². The molecule has 2 aromatic rings. The molecule has 0 spiro atoms. The first kappa shape index (κ1) is 18.8. The summed E-state index contributed by atoms with van der Waals surface area (Å²) >= 11 is 1.79. The monoisotopic (exact) mass is 387 g/mol. The molecular weight excluding hydrogens is 361 g/mol. The summed E-state index contributed by atoms with van der Waals surface area (Å²) in [5.41, 5.74) is 1.32. The zero-order valence-corrected chi connectivity index (χ0v) is 16.4. The zero-order chi connectivity index (χ0) is 19.0. The van der Waals surface area contributed by atoms with Gasteiger partial charge in [-0.25, -0.2) is 4.39 Å². The van der Waals surface area contributed by atoms with Gasteiger partial charge in [0.05, 0.1) is 5.60 Å². The summed E-state index contributed by atoms with van der Waals surface area (Å²) in [5, 5.41) is 20.5. The molecule has 0 radical (unpaired) electrons. The van der Waals surface area contributed by atoms with Gasteiger partial charge < -0.3 is 10.2 Å². The van der Waals surface area contributed by atoms with Gasteiger partial charge in [-0.15, -0.1) is 11.8 Å². The van der Waals surface area contributed by atoms with Gasteiger partial charge in [0.1, 0.15) is 11.6 Å². The molecule has 2 fully saturated rings. The third-order valence-electron chi connectivity index (χ3n) is 6.01. The van der Waals surface area contributed by atoms with Crippen LogP contribution in [0.25, 0.3) is 0 Å². The Morgan fingerprint density at radius 2 is 1.78 bits per heavy atom. The first-order valence-electron chi connectivity index (χ1n) is 9.52. The van der Waals surface area contributed by atoms with E-state index in [1.807, 2.05) is 25.1 Å². The number of hydrogen-bond donors (Lipinski definition) is 2. The lowest BCUT2D eigenvalue weighted by Crippen LogP contribution is -2.32. The molecule has 4 rings (SSSR count). The summed E-state index contributed by atoms with van der Waals surface area (Å²) in [4.78, 5) is 3.63. The smallest absolute Gasteiger partial charge is 0.123 e. The van der Waals surface area contributed by atoms with Gasteiger partial charge in [0.15, 0.2) is 0 Å². The molecule has 2 aromatic carbocycles. The third kappa shape index (κ3) is 4.31. The second kappa shape index (κ2) is 7.46. The van der Waals surface area contributed by atoms with Crippen LogP contribution < -0.4 is 0 Å². The van der Waals surface area contributed by atoms with Gasteiger partial charge in [-0.2, -0.15) is 0 Å². The van der Waals surface area contributed by atoms with Crippen LogP contribution in [0.2, 0.25) is 0 Å². The number of phenols is 1. The van der Waals surface area contributed by atoms with Crippen LogP contribution in [-0.4, -0.2) is 39.7 Å². The molecule has 1 saturated heterocycles. The maximum Gasteiger partial charge on any atom is 0.123 e. The molecule has 3 nitrogen and oxygen atoms in total. The van der Waals surface area contributed by atoms with Gasteiger partial charge in [-0.05, 0) is 79.1 Å². The summed E-state index contributed by atoms with van der Waals surface area (Å²) in [6.45, 7) is 3.97. The molecule has 1 saturated carbocycles. The fraction of sp³-hybridized carbons (Fsp3) is 0.455. The van der Waals surface area contributed by atoms with Gasteiger partial charge >= 0.3 is 0 Å². The largest absolute Gasteiger partial charge is 0.508 e. The Hall–Kier alpha value is -1.56. The molecule has 2 N–H and O–H groups in total. The molecule has 2 aliphatic rings. The van der Waals surface area contributed by atoms with Crippen LogP contribution in [0.1, 0.15) is 24.0 Å². The van der Waals surface area contributed by atoms with E-state index in [2.05, 4.69) is 4.90 Å². The molecule has 0 amide bonds. The highest BCUT2D eigenvalue weighted by Gasteiger charge is 2.48. The van der Waals surface area contributed by atoms with Crippen molar-refractivity contribution >= 4 is 11.8 Å². The summed E-state index contributed by atoms with van der Waals surface area (Å²) in [6, 6.07) is 12.2. The molecule has 5 heteroatoms. The van der Waals surface area contributed by atoms with E-state index < -0.39 is 5.60 Å². The van der Waals surface area contributed by atoms with E-state index in [-0.39, 0.29) is 5.82 Å². The van der Waals surface area contributed by atoms with E-state index in [0.717, 1.165) is 47.8 Å². The Kier molecular flexibility index (Phi) is 5.19. The van der Waals surface area contributed by atoms with Crippen LogP contribution in [0, 0.1) is 24.6 Å². The predicted octanol–water partition coefficient (Wildman–Crippen LogP) is 4.20. The SMILES string of the molecule is Cc1cc(F)ccc1C[C@]1(O)C[C@H]2CN(CSc3ccc(O)cc3)C[C@H]2C1. The Bertz CT molecular complexity index is 796. The van der Waals surface area contributed by atoms with Crippen LogP contribution >= 0.6 is 11.8 Å². The van der Waals surface area contributed by atoms with Gasteiger partial charge in [0.25, 0.3) is 0 Å². The van der Waals surface area contributed by atoms with Crippen molar-refractivity contribution in [1.82, 2.24) is 4.90 Å². The number of aryl methyl sites for hydroxylation is 1. The molecule has 144 valence electrons. The number of phenolic OH excluding ortho intramolecular Hbond substituents is 1. The molecule has 0 unspecified atom stereocenters. The molecule has 27 heavy (non-hydrogen) atoms. The van der Waals surface area contributed by atoms with Gasteiger partial charge in [-0.3, -0.25) is 4.90 Å². The standard InChI is InChI=1S/C22H26FNO2S/c1-15-8-19(23)3-2-16(15)9-22(26)10-17-12-24(13-18(17)11-22)14-27-21-6-4-20(25)5-7-21/h2-8,17-18,25-26H,9-14H2,1H3/t17-,18+,22-. The van der Waals surface area contributed by atoms with Crippen molar-refractivity contribution in [2.24, 2.45) is 11.8 Å². The Labute approximate surface area is 164 Å². The lowest BCUT2D eigenvalue weighted by atomic mass is 9.89. The number of likely N-dealkylation sites (tertiary alicyclic amines) is 1. The highest BCUT2D eigenvalue weighted by molar-refractivity contribution is 7.99. The van der Waals surface area contributed by atoms with E-state index in [9.17, 15) is 14.6 Å². The number of hydrogen-bond acceptors (Lipinski definition) is 4. The number of benzene rings is 2. The van der Waals surface area contributed by atoms with Crippen molar-refractivity contribution in [3.8, 4) is 5.75 Å². The summed E-state index contributed by atoms with van der Waals surface area (Å²) < 4.78 is 13.3. The minimum atomic E-state index is -0.659. The second-order valence-corrected chi connectivity index (χ2v) is 9.22. The number of halogens is 1. The average Bonchev–Trinajstić information content (AvgIpc) is 3.11. The molecule has 3 atom stereocenters.